The van der Waals surface area contributed by atoms with Crippen molar-refractivity contribution in [2.45, 2.75) is 56.7 Å². The zero-order valence-electron chi connectivity index (χ0n) is 12.1. The molecule has 7 heteroatoms. The van der Waals surface area contributed by atoms with E-state index in [1.165, 1.54) is 6.42 Å². The smallest absolute Gasteiger partial charge is 0.358 e. The fourth-order valence-corrected chi connectivity index (χ4v) is 3.33. The summed E-state index contributed by atoms with van der Waals surface area (Å²) < 4.78 is 7.25. The molecule has 2 fully saturated rings. The SMILES string of the molecule is O=C(O)c1cn([C@@H]2CCCC[C@@H]2NC2CCCOC2)nn1. The fraction of sp³-hybridized carbons (Fsp3) is 0.786. The standard InChI is InChI=1S/C14H22N4O3/c19-14(20)12-8-18(17-16-12)13-6-2-1-5-11(13)15-10-4-3-7-21-9-10/h8,10-11,13,15H,1-7,9H2,(H,19,20)/t10?,11-,13+/m0/s1. The van der Waals surface area contributed by atoms with Crippen LogP contribution in [0.15, 0.2) is 6.20 Å². The summed E-state index contributed by atoms with van der Waals surface area (Å²) in [5, 5.41) is 20.4. The number of ether oxygens (including phenoxy) is 1. The number of rotatable bonds is 4. The molecule has 0 aromatic carbocycles. The van der Waals surface area contributed by atoms with Gasteiger partial charge in [0.15, 0.2) is 5.69 Å². The van der Waals surface area contributed by atoms with Gasteiger partial charge in [-0.1, -0.05) is 18.1 Å². The number of hydrogen-bond donors (Lipinski definition) is 2. The van der Waals surface area contributed by atoms with Gasteiger partial charge >= 0.3 is 5.97 Å². The molecule has 1 aromatic rings. The van der Waals surface area contributed by atoms with Gasteiger partial charge in [-0.2, -0.15) is 0 Å². The highest BCUT2D eigenvalue weighted by Crippen LogP contribution is 2.29. The maximum atomic E-state index is 10.9. The fourth-order valence-electron chi connectivity index (χ4n) is 3.33. The van der Waals surface area contributed by atoms with Gasteiger partial charge in [-0.15, -0.1) is 5.10 Å². The minimum absolute atomic E-state index is 0.0142. The Bertz CT molecular complexity index is 484. The quantitative estimate of drug-likeness (QED) is 0.868. The molecule has 1 unspecified atom stereocenters. The third-order valence-corrected chi connectivity index (χ3v) is 4.41. The van der Waals surface area contributed by atoms with Crippen LogP contribution in [-0.2, 0) is 4.74 Å². The molecule has 2 aliphatic rings. The number of carboxylic acids is 1. The Morgan fingerprint density at radius 2 is 2.19 bits per heavy atom. The van der Waals surface area contributed by atoms with E-state index >= 15 is 0 Å². The van der Waals surface area contributed by atoms with Crippen LogP contribution in [0.25, 0.3) is 0 Å². The summed E-state index contributed by atoms with van der Waals surface area (Å²) in [6.45, 7) is 1.62. The van der Waals surface area contributed by atoms with Crippen molar-refractivity contribution in [1.29, 1.82) is 0 Å². The maximum absolute atomic E-state index is 10.9. The lowest BCUT2D eigenvalue weighted by Crippen LogP contribution is -2.48. The molecule has 1 aliphatic carbocycles. The second-order valence-corrected chi connectivity index (χ2v) is 5.93. The van der Waals surface area contributed by atoms with Crippen molar-refractivity contribution in [2.24, 2.45) is 0 Å². The number of aromatic nitrogens is 3. The first kappa shape index (κ1) is 14.5. The largest absolute Gasteiger partial charge is 0.476 e. The van der Waals surface area contributed by atoms with Gasteiger partial charge in [-0.3, -0.25) is 0 Å². The lowest BCUT2D eigenvalue weighted by atomic mass is 9.89. The first-order chi connectivity index (χ1) is 10.2. The Kier molecular flexibility index (Phi) is 4.50. The Balaban J connectivity index is 1.69. The summed E-state index contributed by atoms with van der Waals surface area (Å²) in [7, 11) is 0. The Morgan fingerprint density at radius 1 is 1.33 bits per heavy atom. The number of nitrogens with one attached hydrogen (secondary N) is 1. The molecular formula is C14H22N4O3. The van der Waals surface area contributed by atoms with Crippen LogP contribution in [0, 0.1) is 0 Å². The van der Waals surface area contributed by atoms with Crippen molar-refractivity contribution in [3.63, 3.8) is 0 Å². The van der Waals surface area contributed by atoms with E-state index in [4.69, 9.17) is 9.84 Å². The molecule has 7 nitrogen and oxygen atoms in total. The third kappa shape index (κ3) is 3.41. The van der Waals surface area contributed by atoms with Gasteiger partial charge in [0.05, 0.1) is 18.8 Å². The highest BCUT2D eigenvalue weighted by Gasteiger charge is 2.30. The zero-order valence-corrected chi connectivity index (χ0v) is 12.1. The summed E-state index contributed by atoms with van der Waals surface area (Å²) in [5.41, 5.74) is 0.0142. The molecule has 116 valence electrons. The van der Waals surface area contributed by atoms with Crippen LogP contribution in [-0.4, -0.2) is 51.4 Å². The highest BCUT2D eigenvalue weighted by molar-refractivity contribution is 5.84. The molecule has 2 heterocycles. The average Bonchev–Trinajstić information content (AvgIpc) is 2.99. The Morgan fingerprint density at radius 3 is 2.90 bits per heavy atom. The molecular weight excluding hydrogens is 272 g/mol. The van der Waals surface area contributed by atoms with Gasteiger partial charge in [0.2, 0.25) is 0 Å². The number of aromatic carboxylic acids is 1. The van der Waals surface area contributed by atoms with Crippen molar-refractivity contribution in [3.8, 4) is 0 Å². The van der Waals surface area contributed by atoms with E-state index < -0.39 is 5.97 Å². The Labute approximate surface area is 123 Å². The second-order valence-electron chi connectivity index (χ2n) is 5.93. The molecule has 3 rings (SSSR count). The molecule has 1 aromatic heterocycles. The minimum atomic E-state index is -1.03. The van der Waals surface area contributed by atoms with Crippen LogP contribution in [0.1, 0.15) is 55.1 Å². The van der Waals surface area contributed by atoms with Crippen LogP contribution in [0.5, 0.6) is 0 Å². The summed E-state index contributed by atoms with van der Waals surface area (Å²) in [4.78, 5) is 10.9. The normalized spacial score (nSPS) is 30.2. The predicted molar refractivity (Wildman–Crippen MR) is 75.3 cm³/mol. The lowest BCUT2D eigenvalue weighted by molar-refractivity contribution is 0.0595. The molecule has 0 bridgehead atoms. The van der Waals surface area contributed by atoms with Crippen molar-refractivity contribution in [3.05, 3.63) is 11.9 Å². The molecule has 1 saturated carbocycles. The monoisotopic (exact) mass is 294 g/mol. The van der Waals surface area contributed by atoms with Crippen LogP contribution < -0.4 is 5.32 Å². The third-order valence-electron chi connectivity index (χ3n) is 4.41. The molecule has 0 spiro atoms. The summed E-state index contributed by atoms with van der Waals surface area (Å²) in [5.74, 6) is -1.03. The van der Waals surface area contributed by atoms with Gasteiger partial charge in [0.25, 0.3) is 0 Å². The minimum Gasteiger partial charge on any atom is -0.476 e. The number of carboxylic acid groups (broad SMARTS) is 1. The second kappa shape index (κ2) is 6.53. The molecule has 21 heavy (non-hydrogen) atoms. The van der Waals surface area contributed by atoms with Gasteiger partial charge in [0, 0.05) is 18.7 Å². The topological polar surface area (TPSA) is 89.3 Å². The number of carbonyl (C=O) groups is 1. The van der Waals surface area contributed by atoms with Crippen molar-refractivity contribution >= 4 is 5.97 Å². The van der Waals surface area contributed by atoms with E-state index in [0.717, 1.165) is 45.3 Å². The van der Waals surface area contributed by atoms with Crippen LogP contribution in [0.3, 0.4) is 0 Å². The summed E-state index contributed by atoms with van der Waals surface area (Å²) >= 11 is 0. The lowest BCUT2D eigenvalue weighted by Gasteiger charge is -2.36. The van der Waals surface area contributed by atoms with E-state index in [2.05, 4.69) is 15.6 Å². The number of nitrogens with zero attached hydrogens (tertiary/aromatic N) is 3. The van der Waals surface area contributed by atoms with Crippen molar-refractivity contribution in [1.82, 2.24) is 20.3 Å². The van der Waals surface area contributed by atoms with E-state index in [9.17, 15) is 4.79 Å². The first-order valence-corrected chi connectivity index (χ1v) is 7.73. The van der Waals surface area contributed by atoms with E-state index in [1.807, 2.05) is 0 Å². The average molecular weight is 294 g/mol. The van der Waals surface area contributed by atoms with Crippen LogP contribution in [0.4, 0.5) is 0 Å². The van der Waals surface area contributed by atoms with Crippen molar-refractivity contribution in [2.75, 3.05) is 13.2 Å². The highest BCUT2D eigenvalue weighted by atomic mass is 16.5. The first-order valence-electron chi connectivity index (χ1n) is 7.73. The van der Waals surface area contributed by atoms with Gasteiger partial charge in [-0.25, -0.2) is 9.48 Å². The zero-order chi connectivity index (χ0) is 14.7. The van der Waals surface area contributed by atoms with Gasteiger partial charge in [-0.05, 0) is 25.7 Å². The predicted octanol–water partition coefficient (Wildman–Crippen LogP) is 1.23. The molecule has 2 N–H and O–H groups in total. The Hall–Kier alpha value is -1.47. The van der Waals surface area contributed by atoms with E-state index in [-0.39, 0.29) is 11.7 Å². The molecule has 3 atom stereocenters. The molecule has 0 radical (unpaired) electrons. The summed E-state index contributed by atoms with van der Waals surface area (Å²) in [6.07, 6.45) is 8.22. The van der Waals surface area contributed by atoms with Gasteiger partial charge < -0.3 is 15.2 Å². The van der Waals surface area contributed by atoms with Gasteiger partial charge in [0.1, 0.15) is 0 Å². The van der Waals surface area contributed by atoms with Crippen molar-refractivity contribution < 1.29 is 14.6 Å². The van der Waals surface area contributed by atoms with E-state index in [1.54, 1.807) is 10.9 Å². The van der Waals surface area contributed by atoms with E-state index in [0.29, 0.717) is 12.1 Å². The number of hydrogen-bond acceptors (Lipinski definition) is 5. The molecule has 1 aliphatic heterocycles. The van der Waals surface area contributed by atoms with Crippen LogP contribution in [0.2, 0.25) is 0 Å². The summed E-state index contributed by atoms with van der Waals surface area (Å²) in [6, 6.07) is 0.891. The maximum Gasteiger partial charge on any atom is 0.358 e. The molecule has 0 amide bonds. The molecule has 1 saturated heterocycles. The van der Waals surface area contributed by atoms with Crippen LogP contribution >= 0.6 is 0 Å².